The predicted octanol–water partition coefficient (Wildman–Crippen LogP) is 5.05. The molecule has 4 unspecified atom stereocenters. The summed E-state index contributed by atoms with van der Waals surface area (Å²) in [7, 11) is 0. The molecule has 1 aliphatic carbocycles. The summed E-state index contributed by atoms with van der Waals surface area (Å²) in [6.07, 6.45) is 0.638. The lowest BCUT2D eigenvalue weighted by Crippen LogP contribution is -2.54. The molecule has 3 amide bonds. The maximum absolute atomic E-state index is 14.1. The fourth-order valence-electron chi connectivity index (χ4n) is 4.23. The van der Waals surface area contributed by atoms with Gasteiger partial charge in [0.1, 0.15) is 17.7 Å². The number of nitrogens with one attached hydrogen (secondary N) is 2. The van der Waals surface area contributed by atoms with E-state index in [-0.39, 0.29) is 35.7 Å². The molecular weight excluding hydrogens is 442 g/mol. The van der Waals surface area contributed by atoms with E-state index in [1.807, 2.05) is 59.7 Å². The number of ether oxygens (including phenoxy) is 1. The van der Waals surface area contributed by atoms with Crippen LogP contribution in [0, 0.1) is 25.7 Å². The minimum atomic E-state index is -0.793. The Labute approximate surface area is 211 Å². The normalized spacial score (nSPS) is 19.2. The third kappa shape index (κ3) is 8.25. The van der Waals surface area contributed by atoms with Crippen molar-refractivity contribution in [2.75, 3.05) is 0 Å². The van der Waals surface area contributed by atoms with Crippen LogP contribution in [-0.2, 0) is 14.3 Å². The van der Waals surface area contributed by atoms with Gasteiger partial charge in [-0.2, -0.15) is 0 Å². The molecule has 0 bridgehead atoms. The van der Waals surface area contributed by atoms with E-state index in [2.05, 4.69) is 17.6 Å². The van der Waals surface area contributed by atoms with Gasteiger partial charge in [-0.15, -0.1) is 0 Å². The number of alkyl carbamates (subject to hydrolysis) is 1. The number of amides is 3. The second-order valence-corrected chi connectivity index (χ2v) is 11.8. The fourth-order valence-corrected chi connectivity index (χ4v) is 4.23. The molecule has 196 valence electrons. The van der Waals surface area contributed by atoms with Crippen molar-refractivity contribution < 1.29 is 19.1 Å². The molecule has 1 fully saturated rings. The van der Waals surface area contributed by atoms with Crippen LogP contribution in [0.4, 0.5) is 4.79 Å². The molecule has 0 aliphatic heterocycles. The quantitative estimate of drug-likeness (QED) is 0.510. The molecule has 35 heavy (non-hydrogen) atoms. The zero-order chi connectivity index (χ0) is 26.7. The number of hydrogen-bond acceptors (Lipinski definition) is 4. The Morgan fingerprint density at radius 2 is 1.66 bits per heavy atom. The van der Waals surface area contributed by atoms with E-state index in [0.717, 1.165) is 23.1 Å². The van der Waals surface area contributed by atoms with Crippen LogP contribution < -0.4 is 10.6 Å². The summed E-state index contributed by atoms with van der Waals surface area (Å²) in [5, 5.41) is 5.82. The van der Waals surface area contributed by atoms with Gasteiger partial charge in [0, 0.05) is 12.1 Å². The van der Waals surface area contributed by atoms with E-state index in [9.17, 15) is 14.4 Å². The molecule has 0 aromatic heterocycles. The second kappa shape index (κ2) is 11.4. The van der Waals surface area contributed by atoms with Gasteiger partial charge in [-0.25, -0.2) is 4.79 Å². The topological polar surface area (TPSA) is 87.7 Å². The molecule has 1 aromatic rings. The van der Waals surface area contributed by atoms with Crippen molar-refractivity contribution in [1.82, 2.24) is 15.5 Å². The highest BCUT2D eigenvalue weighted by Gasteiger charge is 2.48. The molecule has 1 aliphatic rings. The van der Waals surface area contributed by atoms with Crippen LogP contribution in [-0.4, -0.2) is 46.5 Å². The lowest BCUT2D eigenvalue weighted by molar-refractivity contribution is -0.144. The fraction of sp³-hybridized carbons (Fsp3) is 0.679. The maximum atomic E-state index is 14.1. The van der Waals surface area contributed by atoms with Gasteiger partial charge in [-0.05, 0) is 89.8 Å². The van der Waals surface area contributed by atoms with Crippen molar-refractivity contribution in [2.24, 2.45) is 11.8 Å². The van der Waals surface area contributed by atoms with Gasteiger partial charge in [-0.3, -0.25) is 9.59 Å². The van der Waals surface area contributed by atoms with Gasteiger partial charge in [0.2, 0.25) is 11.8 Å². The minimum Gasteiger partial charge on any atom is -0.444 e. The number of carbonyl (C=O) groups is 3. The largest absolute Gasteiger partial charge is 0.444 e. The van der Waals surface area contributed by atoms with Gasteiger partial charge in [0.05, 0.1) is 0 Å². The Hall–Kier alpha value is -2.57. The van der Waals surface area contributed by atoms with Crippen LogP contribution >= 0.6 is 0 Å². The summed E-state index contributed by atoms with van der Waals surface area (Å²) in [6, 6.07) is 4.20. The van der Waals surface area contributed by atoms with E-state index in [0.29, 0.717) is 6.42 Å². The molecule has 0 heterocycles. The number of rotatable bonds is 9. The third-order valence-electron chi connectivity index (χ3n) is 6.18. The highest BCUT2D eigenvalue weighted by atomic mass is 16.6. The molecule has 0 saturated heterocycles. The molecule has 1 aromatic carbocycles. The van der Waals surface area contributed by atoms with Crippen molar-refractivity contribution in [3.05, 3.63) is 34.9 Å². The average Bonchev–Trinajstić information content (AvgIpc) is 3.40. The molecule has 7 nitrogen and oxygen atoms in total. The number of hydrogen-bond donors (Lipinski definition) is 2. The standard InChI is InChI=1S/C28H45N3O4/c1-16(2)13-22(30-27(34)35-28(8,9)10)26(33)31(23-15-20(23)7)24(25(32)29-17(3)4)21-12-11-18(5)19(6)14-21/h11-12,14,16-17,20,22-24H,13,15H2,1-10H3,(H,29,32)(H,30,34). The van der Waals surface area contributed by atoms with Crippen molar-refractivity contribution in [2.45, 2.75) is 112 Å². The van der Waals surface area contributed by atoms with Gasteiger partial charge in [0.15, 0.2) is 0 Å². The summed E-state index contributed by atoms with van der Waals surface area (Å²) < 4.78 is 5.45. The van der Waals surface area contributed by atoms with Crippen molar-refractivity contribution in [3.8, 4) is 0 Å². The van der Waals surface area contributed by atoms with Crippen molar-refractivity contribution >= 4 is 17.9 Å². The summed E-state index contributed by atoms with van der Waals surface area (Å²) >= 11 is 0. The third-order valence-corrected chi connectivity index (χ3v) is 6.18. The molecule has 4 atom stereocenters. The Kier molecular flexibility index (Phi) is 9.37. The molecule has 2 N–H and O–H groups in total. The number of aryl methyl sites for hydroxylation is 2. The van der Waals surface area contributed by atoms with Gasteiger partial charge in [0.25, 0.3) is 0 Å². The summed E-state index contributed by atoms with van der Waals surface area (Å²) in [4.78, 5) is 42.1. The van der Waals surface area contributed by atoms with E-state index in [1.165, 1.54) is 0 Å². The van der Waals surface area contributed by atoms with E-state index in [4.69, 9.17) is 4.74 Å². The number of nitrogens with zero attached hydrogens (tertiary/aromatic N) is 1. The smallest absolute Gasteiger partial charge is 0.408 e. The van der Waals surface area contributed by atoms with Crippen LogP contribution in [0.15, 0.2) is 18.2 Å². The maximum Gasteiger partial charge on any atom is 0.408 e. The highest BCUT2D eigenvalue weighted by molar-refractivity contribution is 5.92. The second-order valence-electron chi connectivity index (χ2n) is 11.8. The van der Waals surface area contributed by atoms with Crippen molar-refractivity contribution in [3.63, 3.8) is 0 Å². The predicted molar refractivity (Wildman–Crippen MR) is 139 cm³/mol. The molecular formula is C28H45N3O4. The molecule has 0 radical (unpaired) electrons. The van der Waals surface area contributed by atoms with Gasteiger partial charge < -0.3 is 20.3 Å². The first-order chi connectivity index (χ1) is 16.1. The van der Waals surface area contributed by atoms with Gasteiger partial charge in [-0.1, -0.05) is 39.0 Å². The van der Waals surface area contributed by atoms with Gasteiger partial charge >= 0.3 is 6.09 Å². The van der Waals surface area contributed by atoms with Crippen LogP contribution in [0.5, 0.6) is 0 Å². The van der Waals surface area contributed by atoms with Crippen LogP contribution in [0.2, 0.25) is 0 Å². The first kappa shape index (κ1) is 28.7. The highest BCUT2D eigenvalue weighted by Crippen LogP contribution is 2.41. The Bertz CT molecular complexity index is 919. The van der Waals surface area contributed by atoms with Crippen LogP contribution in [0.3, 0.4) is 0 Å². The van der Waals surface area contributed by atoms with E-state index >= 15 is 0 Å². The molecule has 0 spiro atoms. The first-order valence-corrected chi connectivity index (χ1v) is 12.8. The Morgan fingerprint density at radius 3 is 2.11 bits per heavy atom. The number of carbonyl (C=O) groups excluding carboxylic acids is 3. The van der Waals surface area contributed by atoms with Crippen LogP contribution in [0.1, 0.15) is 91.0 Å². The Morgan fingerprint density at radius 1 is 1.06 bits per heavy atom. The minimum absolute atomic E-state index is 0.0675. The summed E-state index contributed by atoms with van der Waals surface area (Å²) in [5.41, 5.74) is 2.28. The number of benzene rings is 1. The average molecular weight is 488 g/mol. The summed E-state index contributed by atoms with van der Waals surface area (Å²) in [6.45, 7) is 19.3. The zero-order valence-corrected chi connectivity index (χ0v) is 23.2. The molecule has 7 heteroatoms. The van der Waals surface area contributed by atoms with Crippen molar-refractivity contribution in [1.29, 1.82) is 0 Å². The van der Waals surface area contributed by atoms with E-state index < -0.39 is 23.8 Å². The first-order valence-electron chi connectivity index (χ1n) is 12.8. The lowest BCUT2D eigenvalue weighted by atomic mass is 9.96. The molecule has 2 rings (SSSR count). The lowest BCUT2D eigenvalue weighted by Gasteiger charge is -2.36. The van der Waals surface area contributed by atoms with E-state index in [1.54, 1.807) is 25.7 Å². The molecule has 1 saturated carbocycles. The van der Waals surface area contributed by atoms with Crippen LogP contribution in [0.25, 0.3) is 0 Å². The Balaban J connectivity index is 2.51. The summed E-state index contributed by atoms with van der Waals surface area (Å²) in [5.74, 6) is -0.0275. The zero-order valence-electron chi connectivity index (χ0n) is 23.2. The monoisotopic (exact) mass is 487 g/mol. The SMILES string of the molecule is Cc1ccc(C(C(=O)NC(C)C)N(C(=O)C(CC(C)C)NC(=O)OC(C)(C)C)C2CC2C)cc1C.